The number of nitrogens with two attached hydrogens (primary N) is 1. The first-order chi connectivity index (χ1) is 16.7. The largest absolute Gasteiger partial charge is 0.383 e. The fourth-order valence-corrected chi connectivity index (χ4v) is 5.10. The van der Waals surface area contributed by atoms with E-state index in [1.807, 2.05) is 26.8 Å². The molecule has 1 aromatic carbocycles. The van der Waals surface area contributed by atoms with Crippen LogP contribution in [0, 0.1) is 11.8 Å². The molecule has 2 heterocycles. The maximum absolute atomic E-state index is 13.7. The van der Waals surface area contributed by atoms with Crippen LogP contribution in [0.2, 0.25) is 0 Å². The van der Waals surface area contributed by atoms with E-state index < -0.39 is 17.2 Å². The summed E-state index contributed by atoms with van der Waals surface area (Å²) in [6, 6.07) is 6.09. The fraction of sp³-hybridized carbons (Fsp3) is 0.538. The highest BCUT2D eigenvalue weighted by atomic mass is 16.2. The van der Waals surface area contributed by atoms with E-state index >= 15 is 0 Å². The van der Waals surface area contributed by atoms with Gasteiger partial charge in [-0.3, -0.25) is 23.9 Å². The Kier molecular flexibility index (Phi) is 7.14. The van der Waals surface area contributed by atoms with Crippen molar-refractivity contribution in [3.05, 3.63) is 50.2 Å². The van der Waals surface area contributed by atoms with Gasteiger partial charge in [-0.15, -0.1) is 0 Å². The van der Waals surface area contributed by atoms with Crippen LogP contribution in [0.25, 0.3) is 0 Å². The van der Waals surface area contributed by atoms with Gasteiger partial charge >= 0.3 is 5.69 Å². The number of hydrogen-bond donors (Lipinski definition) is 2. The van der Waals surface area contributed by atoms with Crippen molar-refractivity contribution in [3.8, 4) is 0 Å². The number of aromatic amines is 1. The van der Waals surface area contributed by atoms with Gasteiger partial charge in [0.15, 0.2) is 5.69 Å². The summed E-state index contributed by atoms with van der Waals surface area (Å²) in [6.45, 7) is 6.72. The van der Waals surface area contributed by atoms with Crippen LogP contribution >= 0.6 is 0 Å². The summed E-state index contributed by atoms with van der Waals surface area (Å²) in [5.74, 6) is -0.929. The molecular weight excluding hydrogens is 446 g/mol. The number of rotatable bonds is 8. The van der Waals surface area contributed by atoms with Crippen molar-refractivity contribution < 1.29 is 9.59 Å². The van der Waals surface area contributed by atoms with E-state index in [1.165, 1.54) is 20.6 Å². The number of carbonyl (C=O) groups is 2. The number of H-pyrrole nitrogens is 1. The molecule has 1 atom stereocenters. The molecule has 9 heteroatoms. The third-order valence-corrected chi connectivity index (χ3v) is 6.90. The molecule has 1 fully saturated rings. The molecule has 0 saturated carbocycles. The minimum atomic E-state index is -0.684. The number of fused-ring (bicyclic) bond motifs is 1. The number of aryl methyl sites for hydroxylation is 2. The summed E-state index contributed by atoms with van der Waals surface area (Å²) in [5, 5.41) is 0. The number of nitrogens with one attached hydrogen (secondary N) is 1. The highest BCUT2D eigenvalue weighted by molar-refractivity contribution is 6.05. The van der Waals surface area contributed by atoms with Gasteiger partial charge in [0.05, 0.1) is 5.92 Å². The number of anilines is 3. The van der Waals surface area contributed by atoms with Gasteiger partial charge < -0.3 is 15.5 Å². The van der Waals surface area contributed by atoms with Crippen molar-refractivity contribution in [1.82, 2.24) is 9.55 Å². The summed E-state index contributed by atoms with van der Waals surface area (Å²) in [5.41, 5.74) is 8.43. The minimum Gasteiger partial charge on any atom is -0.383 e. The minimum absolute atomic E-state index is 0.00729. The molecule has 35 heavy (non-hydrogen) atoms. The smallest absolute Gasteiger partial charge is 0.330 e. The third-order valence-electron chi connectivity index (χ3n) is 6.90. The standard InChI is InChI=1S/C26H35N5O4/c1-4-5-11-29(22-23(27)31(14-16(2)3)26(35)28-24(22)33)25(34)19-13-21(32)30(15-19)20-10-9-17-7-6-8-18(17)12-20/h9-10,12,16,19H,4-8,11,13-15,27H2,1-3H3,(H,28,33,35). The molecule has 0 spiro atoms. The lowest BCUT2D eigenvalue weighted by molar-refractivity contribution is -0.124. The molecule has 1 aliphatic carbocycles. The predicted molar refractivity (Wildman–Crippen MR) is 137 cm³/mol. The maximum Gasteiger partial charge on any atom is 0.330 e. The number of amides is 2. The Balaban J connectivity index is 1.65. The molecule has 1 unspecified atom stereocenters. The lowest BCUT2D eigenvalue weighted by Crippen LogP contribution is -2.44. The van der Waals surface area contributed by atoms with E-state index in [2.05, 4.69) is 17.1 Å². The first kappa shape index (κ1) is 24.8. The number of nitrogen functional groups attached to an aromatic ring is 1. The van der Waals surface area contributed by atoms with E-state index in [9.17, 15) is 19.2 Å². The van der Waals surface area contributed by atoms with Crippen LogP contribution in [-0.2, 0) is 29.0 Å². The topological polar surface area (TPSA) is 121 Å². The molecule has 1 aliphatic heterocycles. The van der Waals surface area contributed by atoms with Crippen LogP contribution in [0.15, 0.2) is 27.8 Å². The zero-order valence-electron chi connectivity index (χ0n) is 20.8. The fourth-order valence-electron chi connectivity index (χ4n) is 5.10. The Bertz CT molecular complexity index is 1250. The molecule has 2 amide bonds. The number of benzene rings is 1. The Hall–Kier alpha value is -3.36. The van der Waals surface area contributed by atoms with Gasteiger partial charge in [-0.2, -0.15) is 0 Å². The highest BCUT2D eigenvalue weighted by Gasteiger charge is 2.39. The summed E-state index contributed by atoms with van der Waals surface area (Å²) in [6.07, 6.45) is 4.72. The number of nitrogens with zero attached hydrogens (tertiary/aromatic N) is 3. The van der Waals surface area contributed by atoms with Crippen LogP contribution < -0.4 is 26.8 Å². The number of unbranched alkanes of at least 4 members (excludes halogenated alkanes) is 1. The number of hydrogen-bond acceptors (Lipinski definition) is 5. The average molecular weight is 482 g/mol. The Morgan fingerprint density at radius 2 is 1.94 bits per heavy atom. The van der Waals surface area contributed by atoms with Gasteiger partial charge in [-0.05, 0) is 54.9 Å². The molecule has 1 saturated heterocycles. The molecule has 0 bridgehead atoms. The van der Waals surface area contributed by atoms with Gasteiger partial charge in [0.25, 0.3) is 5.56 Å². The molecule has 188 valence electrons. The van der Waals surface area contributed by atoms with Crippen LogP contribution in [-0.4, -0.2) is 34.5 Å². The lowest BCUT2D eigenvalue weighted by Gasteiger charge is -2.27. The molecule has 4 rings (SSSR count). The van der Waals surface area contributed by atoms with Gasteiger partial charge in [-0.1, -0.05) is 33.3 Å². The van der Waals surface area contributed by atoms with Gasteiger partial charge in [-0.25, -0.2) is 4.79 Å². The van der Waals surface area contributed by atoms with Crippen LogP contribution in [0.5, 0.6) is 0 Å². The van der Waals surface area contributed by atoms with Crippen LogP contribution in [0.1, 0.15) is 57.6 Å². The van der Waals surface area contributed by atoms with Crippen molar-refractivity contribution in [2.75, 3.05) is 28.6 Å². The quantitative estimate of drug-likeness (QED) is 0.600. The van der Waals surface area contributed by atoms with E-state index in [0.717, 1.165) is 31.4 Å². The zero-order valence-corrected chi connectivity index (χ0v) is 20.8. The van der Waals surface area contributed by atoms with Gasteiger partial charge in [0, 0.05) is 31.7 Å². The highest BCUT2D eigenvalue weighted by Crippen LogP contribution is 2.32. The Labute approximate surface area is 204 Å². The zero-order chi connectivity index (χ0) is 25.3. The second-order valence-corrected chi connectivity index (χ2v) is 10.1. The van der Waals surface area contributed by atoms with Crippen LogP contribution in [0.3, 0.4) is 0 Å². The first-order valence-electron chi connectivity index (χ1n) is 12.6. The van der Waals surface area contributed by atoms with E-state index in [1.54, 1.807) is 4.90 Å². The van der Waals surface area contributed by atoms with E-state index in [4.69, 9.17) is 5.73 Å². The summed E-state index contributed by atoms with van der Waals surface area (Å²) in [7, 11) is 0. The first-order valence-corrected chi connectivity index (χ1v) is 12.6. The molecular formula is C26H35N5O4. The van der Waals surface area contributed by atoms with Crippen molar-refractivity contribution >= 4 is 29.0 Å². The monoisotopic (exact) mass is 481 g/mol. The second-order valence-electron chi connectivity index (χ2n) is 10.1. The SMILES string of the molecule is CCCCN(C(=O)C1CC(=O)N(c2ccc3c(c2)CCC3)C1)c1c(N)n(CC(C)C)c(=O)[nH]c1=O. The number of aromatic nitrogens is 2. The average Bonchev–Trinajstić information content (AvgIpc) is 3.44. The van der Waals surface area contributed by atoms with Gasteiger partial charge in [0.1, 0.15) is 5.82 Å². The van der Waals surface area contributed by atoms with Crippen molar-refractivity contribution in [3.63, 3.8) is 0 Å². The lowest BCUT2D eigenvalue weighted by atomic mass is 10.1. The van der Waals surface area contributed by atoms with E-state index in [-0.39, 0.29) is 48.7 Å². The predicted octanol–water partition coefficient (Wildman–Crippen LogP) is 2.45. The molecule has 1 aromatic heterocycles. The van der Waals surface area contributed by atoms with Crippen molar-refractivity contribution in [2.24, 2.45) is 11.8 Å². The summed E-state index contributed by atoms with van der Waals surface area (Å²) < 4.78 is 1.31. The molecule has 0 radical (unpaired) electrons. The Morgan fingerprint density at radius 1 is 1.20 bits per heavy atom. The molecule has 3 N–H and O–H groups in total. The summed E-state index contributed by atoms with van der Waals surface area (Å²) >= 11 is 0. The summed E-state index contributed by atoms with van der Waals surface area (Å²) in [4.78, 5) is 57.3. The molecule has 2 aromatic rings. The van der Waals surface area contributed by atoms with Crippen molar-refractivity contribution in [1.29, 1.82) is 0 Å². The molecule has 2 aliphatic rings. The third kappa shape index (κ3) is 4.90. The second kappa shape index (κ2) is 10.1. The normalized spacial score (nSPS) is 17.3. The Morgan fingerprint density at radius 3 is 2.66 bits per heavy atom. The van der Waals surface area contributed by atoms with E-state index in [0.29, 0.717) is 13.0 Å². The van der Waals surface area contributed by atoms with Crippen molar-refractivity contribution in [2.45, 2.75) is 65.8 Å². The van der Waals surface area contributed by atoms with Gasteiger partial charge in [0.2, 0.25) is 11.8 Å². The number of carbonyl (C=O) groups excluding carboxylic acids is 2. The molecule has 9 nitrogen and oxygen atoms in total. The maximum atomic E-state index is 13.7. The van der Waals surface area contributed by atoms with Crippen LogP contribution in [0.4, 0.5) is 17.2 Å².